The Morgan fingerprint density at radius 3 is 2.43 bits per heavy atom. The SMILES string of the molecule is CC1(C)NC(S)N(C2CCCCC2)S1. The maximum atomic E-state index is 4.61. The molecular weight excluding hydrogens is 212 g/mol. The molecule has 1 atom stereocenters. The average molecular weight is 232 g/mol. The first kappa shape index (κ1) is 11.1. The Balaban J connectivity index is 1.97. The van der Waals surface area contributed by atoms with Crippen LogP contribution in [-0.2, 0) is 0 Å². The Morgan fingerprint density at radius 2 is 1.93 bits per heavy atom. The maximum Gasteiger partial charge on any atom is 0.116 e. The Labute approximate surface area is 96.7 Å². The number of rotatable bonds is 1. The standard InChI is InChI=1S/C10H20N2S2/c1-10(2)11-9(13)12(14-10)8-6-4-3-5-7-8/h8-9,11,13H,3-7H2,1-2H3. The van der Waals surface area contributed by atoms with Gasteiger partial charge in [-0.15, -0.1) is 12.6 Å². The van der Waals surface area contributed by atoms with Crippen LogP contribution in [0.3, 0.4) is 0 Å². The lowest BCUT2D eigenvalue weighted by atomic mass is 9.96. The fraction of sp³-hybridized carbons (Fsp3) is 1.00. The largest absolute Gasteiger partial charge is 0.277 e. The highest BCUT2D eigenvalue weighted by molar-refractivity contribution is 7.99. The van der Waals surface area contributed by atoms with Crippen LogP contribution in [0.4, 0.5) is 0 Å². The molecule has 2 aliphatic rings. The van der Waals surface area contributed by atoms with Crippen LogP contribution in [0.5, 0.6) is 0 Å². The fourth-order valence-electron chi connectivity index (χ4n) is 2.32. The van der Waals surface area contributed by atoms with Crippen molar-refractivity contribution in [3.05, 3.63) is 0 Å². The molecule has 2 rings (SSSR count). The second-order valence-corrected chi connectivity index (χ2v) is 6.89. The molecule has 1 aliphatic carbocycles. The molecule has 82 valence electrons. The maximum absolute atomic E-state index is 4.61. The molecule has 14 heavy (non-hydrogen) atoms. The first-order valence-electron chi connectivity index (χ1n) is 5.52. The molecule has 1 heterocycles. The minimum atomic E-state index is 0.157. The van der Waals surface area contributed by atoms with Crippen molar-refractivity contribution in [3.8, 4) is 0 Å². The van der Waals surface area contributed by atoms with Crippen LogP contribution in [0.1, 0.15) is 46.0 Å². The van der Waals surface area contributed by atoms with Crippen molar-refractivity contribution in [1.82, 2.24) is 9.62 Å². The molecule has 0 bridgehead atoms. The number of hydrogen-bond acceptors (Lipinski definition) is 4. The van der Waals surface area contributed by atoms with Gasteiger partial charge in [0.1, 0.15) is 5.50 Å². The summed E-state index contributed by atoms with van der Waals surface area (Å²) >= 11 is 6.53. The van der Waals surface area contributed by atoms with E-state index >= 15 is 0 Å². The highest BCUT2D eigenvalue weighted by Crippen LogP contribution is 2.40. The molecule has 2 nitrogen and oxygen atoms in total. The van der Waals surface area contributed by atoms with E-state index in [-0.39, 0.29) is 10.4 Å². The summed E-state index contributed by atoms with van der Waals surface area (Å²) in [7, 11) is 0. The van der Waals surface area contributed by atoms with Crippen LogP contribution in [-0.4, -0.2) is 20.7 Å². The van der Waals surface area contributed by atoms with Gasteiger partial charge in [-0.3, -0.25) is 5.32 Å². The minimum absolute atomic E-state index is 0.157. The van der Waals surface area contributed by atoms with Crippen molar-refractivity contribution >= 4 is 24.6 Å². The molecule has 0 radical (unpaired) electrons. The normalized spacial score (nSPS) is 34.9. The lowest BCUT2D eigenvalue weighted by Crippen LogP contribution is -2.39. The van der Waals surface area contributed by atoms with E-state index < -0.39 is 0 Å². The molecule has 0 spiro atoms. The first-order valence-corrected chi connectivity index (χ1v) is 6.81. The molecule has 1 N–H and O–H groups in total. The minimum Gasteiger partial charge on any atom is -0.277 e. The zero-order chi connectivity index (χ0) is 10.2. The van der Waals surface area contributed by atoms with Crippen LogP contribution in [0.2, 0.25) is 0 Å². The van der Waals surface area contributed by atoms with Gasteiger partial charge in [0, 0.05) is 6.04 Å². The third-order valence-corrected chi connectivity index (χ3v) is 4.81. The van der Waals surface area contributed by atoms with E-state index in [1.807, 2.05) is 11.9 Å². The van der Waals surface area contributed by atoms with E-state index in [2.05, 4.69) is 36.1 Å². The van der Waals surface area contributed by atoms with Crippen LogP contribution >= 0.6 is 24.6 Å². The van der Waals surface area contributed by atoms with Crippen molar-refractivity contribution < 1.29 is 0 Å². The summed E-state index contributed by atoms with van der Waals surface area (Å²) < 4.78 is 2.46. The van der Waals surface area contributed by atoms with Crippen molar-refractivity contribution in [1.29, 1.82) is 0 Å². The number of nitrogens with zero attached hydrogens (tertiary/aromatic N) is 1. The van der Waals surface area contributed by atoms with Crippen molar-refractivity contribution in [2.75, 3.05) is 0 Å². The summed E-state index contributed by atoms with van der Waals surface area (Å²) in [5.74, 6) is 0. The fourth-order valence-corrected chi connectivity index (χ4v) is 4.27. The predicted molar refractivity (Wildman–Crippen MR) is 66.3 cm³/mol. The van der Waals surface area contributed by atoms with Crippen LogP contribution in [0, 0.1) is 0 Å². The van der Waals surface area contributed by atoms with Crippen LogP contribution in [0.15, 0.2) is 0 Å². The van der Waals surface area contributed by atoms with Crippen LogP contribution < -0.4 is 5.32 Å². The molecule has 0 aromatic carbocycles. The van der Waals surface area contributed by atoms with Gasteiger partial charge >= 0.3 is 0 Å². The molecule has 1 saturated carbocycles. The monoisotopic (exact) mass is 232 g/mol. The second kappa shape index (κ2) is 4.24. The highest BCUT2D eigenvalue weighted by Gasteiger charge is 2.39. The van der Waals surface area contributed by atoms with Gasteiger partial charge in [0.05, 0.1) is 4.87 Å². The molecule has 1 aliphatic heterocycles. The zero-order valence-corrected chi connectivity index (χ0v) is 10.7. The average Bonchev–Trinajstić information content (AvgIpc) is 2.41. The Kier molecular flexibility index (Phi) is 3.37. The highest BCUT2D eigenvalue weighted by atomic mass is 32.2. The van der Waals surface area contributed by atoms with E-state index in [0.29, 0.717) is 0 Å². The van der Waals surface area contributed by atoms with Crippen molar-refractivity contribution in [2.24, 2.45) is 0 Å². The first-order chi connectivity index (χ1) is 6.58. The third kappa shape index (κ3) is 2.40. The second-order valence-electron chi connectivity index (χ2n) is 4.77. The molecule has 2 fully saturated rings. The smallest absolute Gasteiger partial charge is 0.116 e. The van der Waals surface area contributed by atoms with Crippen LogP contribution in [0.25, 0.3) is 0 Å². The third-order valence-electron chi connectivity index (χ3n) is 2.99. The molecular formula is C10H20N2S2. The quantitative estimate of drug-likeness (QED) is 0.534. The van der Waals surface area contributed by atoms with Crippen molar-refractivity contribution in [2.45, 2.75) is 62.4 Å². The molecule has 0 aromatic heterocycles. The number of thiol groups is 1. The van der Waals surface area contributed by atoms with Gasteiger partial charge in [-0.05, 0) is 26.7 Å². The summed E-state index contributed by atoms with van der Waals surface area (Å²) in [6.07, 6.45) is 6.90. The Hall–Kier alpha value is 0.620. The Morgan fingerprint density at radius 1 is 1.29 bits per heavy atom. The molecule has 1 saturated heterocycles. The van der Waals surface area contributed by atoms with Gasteiger partial charge in [-0.2, -0.15) is 0 Å². The lowest BCUT2D eigenvalue weighted by molar-refractivity contribution is 0.257. The molecule has 0 amide bonds. The predicted octanol–water partition coefficient (Wildman–Crippen LogP) is 2.82. The van der Waals surface area contributed by atoms with E-state index in [1.165, 1.54) is 32.1 Å². The van der Waals surface area contributed by atoms with E-state index in [9.17, 15) is 0 Å². The topological polar surface area (TPSA) is 15.3 Å². The van der Waals surface area contributed by atoms with E-state index in [1.54, 1.807) is 0 Å². The van der Waals surface area contributed by atoms with E-state index in [4.69, 9.17) is 0 Å². The summed E-state index contributed by atoms with van der Waals surface area (Å²) in [5, 5.41) is 3.49. The molecule has 4 heteroatoms. The van der Waals surface area contributed by atoms with Gasteiger partial charge in [-0.25, -0.2) is 4.31 Å². The summed E-state index contributed by atoms with van der Waals surface area (Å²) in [5.41, 5.74) is 0.234. The summed E-state index contributed by atoms with van der Waals surface area (Å²) in [6, 6.07) is 0.741. The van der Waals surface area contributed by atoms with Gasteiger partial charge in [0.15, 0.2) is 0 Å². The number of hydrogen-bond donors (Lipinski definition) is 2. The zero-order valence-electron chi connectivity index (χ0n) is 8.99. The lowest BCUT2D eigenvalue weighted by Gasteiger charge is -2.31. The summed E-state index contributed by atoms with van der Waals surface area (Å²) in [4.78, 5) is 0.157. The number of nitrogens with one attached hydrogen (secondary N) is 1. The summed E-state index contributed by atoms with van der Waals surface area (Å²) in [6.45, 7) is 4.45. The van der Waals surface area contributed by atoms with Gasteiger partial charge in [0.2, 0.25) is 0 Å². The Bertz CT molecular complexity index is 202. The van der Waals surface area contributed by atoms with E-state index in [0.717, 1.165) is 6.04 Å². The molecule has 0 aromatic rings. The van der Waals surface area contributed by atoms with Gasteiger partial charge in [-0.1, -0.05) is 31.2 Å². The molecule has 1 unspecified atom stereocenters. The van der Waals surface area contributed by atoms with Gasteiger partial charge in [0.25, 0.3) is 0 Å². The van der Waals surface area contributed by atoms with Crippen molar-refractivity contribution in [3.63, 3.8) is 0 Å². The van der Waals surface area contributed by atoms with Gasteiger partial charge < -0.3 is 0 Å².